The molecule has 0 aromatic heterocycles. The quantitative estimate of drug-likeness (QED) is 0.661. The van der Waals surface area contributed by atoms with E-state index in [0.29, 0.717) is 5.56 Å². The summed E-state index contributed by atoms with van der Waals surface area (Å²) in [4.78, 5) is 0. The number of benzene rings is 1. The predicted octanol–water partition coefficient (Wildman–Crippen LogP) is 0.716. The third-order valence-electron chi connectivity index (χ3n) is 2.04. The standard InChI is InChI=1S/C11H14O3/c1-2-8-4-3-5-9(6-8)11(14)10(13)7-12/h2-6,10-14H,1,7H2. The Morgan fingerprint density at radius 3 is 2.64 bits per heavy atom. The molecular formula is C11H14O3. The van der Waals surface area contributed by atoms with E-state index in [9.17, 15) is 10.2 Å². The molecule has 0 bridgehead atoms. The molecule has 1 rings (SSSR count). The van der Waals surface area contributed by atoms with Gasteiger partial charge in [0.15, 0.2) is 0 Å². The van der Waals surface area contributed by atoms with E-state index in [0.717, 1.165) is 5.56 Å². The molecule has 0 aliphatic carbocycles. The first kappa shape index (κ1) is 10.9. The minimum Gasteiger partial charge on any atom is -0.394 e. The molecule has 0 aliphatic rings. The Hall–Kier alpha value is -1.16. The molecule has 3 nitrogen and oxygen atoms in total. The third-order valence-corrected chi connectivity index (χ3v) is 2.04. The Morgan fingerprint density at radius 1 is 1.36 bits per heavy atom. The van der Waals surface area contributed by atoms with Gasteiger partial charge in [-0.1, -0.05) is 30.9 Å². The second-order valence-corrected chi connectivity index (χ2v) is 3.07. The molecule has 0 fully saturated rings. The van der Waals surface area contributed by atoms with Crippen LogP contribution in [0.3, 0.4) is 0 Å². The fourth-order valence-electron chi connectivity index (χ4n) is 1.19. The maximum atomic E-state index is 9.56. The molecule has 1 aromatic rings. The molecule has 76 valence electrons. The number of hydrogen-bond acceptors (Lipinski definition) is 3. The lowest BCUT2D eigenvalue weighted by Gasteiger charge is -2.16. The van der Waals surface area contributed by atoms with Crippen molar-refractivity contribution in [2.45, 2.75) is 12.2 Å². The van der Waals surface area contributed by atoms with Gasteiger partial charge in [0, 0.05) is 0 Å². The summed E-state index contributed by atoms with van der Waals surface area (Å²) in [5.74, 6) is 0. The van der Waals surface area contributed by atoms with E-state index in [1.807, 2.05) is 6.07 Å². The molecule has 3 heteroatoms. The summed E-state index contributed by atoms with van der Waals surface area (Å²) < 4.78 is 0. The van der Waals surface area contributed by atoms with E-state index in [-0.39, 0.29) is 0 Å². The molecule has 0 spiro atoms. The number of aliphatic hydroxyl groups excluding tert-OH is 3. The molecule has 0 saturated carbocycles. The van der Waals surface area contributed by atoms with Crippen molar-refractivity contribution in [3.05, 3.63) is 42.0 Å². The highest BCUT2D eigenvalue weighted by Crippen LogP contribution is 2.18. The fourth-order valence-corrected chi connectivity index (χ4v) is 1.19. The van der Waals surface area contributed by atoms with Crippen molar-refractivity contribution in [3.63, 3.8) is 0 Å². The summed E-state index contributed by atoms with van der Waals surface area (Å²) in [6.07, 6.45) is -0.545. The number of rotatable bonds is 4. The molecule has 0 radical (unpaired) electrons. The minimum absolute atomic E-state index is 0.459. The van der Waals surface area contributed by atoms with Gasteiger partial charge in [0.05, 0.1) is 6.61 Å². The van der Waals surface area contributed by atoms with E-state index in [1.54, 1.807) is 24.3 Å². The zero-order valence-corrected chi connectivity index (χ0v) is 7.80. The zero-order chi connectivity index (χ0) is 10.6. The van der Waals surface area contributed by atoms with Crippen molar-refractivity contribution in [3.8, 4) is 0 Å². The summed E-state index contributed by atoms with van der Waals surface area (Å²) >= 11 is 0. The molecule has 3 N–H and O–H groups in total. The van der Waals surface area contributed by atoms with Gasteiger partial charge < -0.3 is 15.3 Å². The zero-order valence-electron chi connectivity index (χ0n) is 7.80. The first-order valence-corrected chi connectivity index (χ1v) is 4.38. The monoisotopic (exact) mass is 194 g/mol. The van der Waals surface area contributed by atoms with E-state index in [2.05, 4.69) is 6.58 Å². The fraction of sp³-hybridized carbons (Fsp3) is 0.273. The molecule has 0 saturated heterocycles. The van der Waals surface area contributed by atoms with Crippen LogP contribution >= 0.6 is 0 Å². The van der Waals surface area contributed by atoms with Crippen LogP contribution in [0.1, 0.15) is 17.2 Å². The lowest BCUT2D eigenvalue weighted by molar-refractivity contribution is -0.0152. The van der Waals surface area contributed by atoms with Gasteiger partial charge in [0.1, 0.15) is 12.2 Å². The van der Waals surface area contributed by atoms with E-state index in [1.165, 1.54) is 0 Å². The molecule has 0 aliphatic heterocycles. The number of aliphatic hydroxyl groups is 3. The van der Waals surface area contributed by atoms with Gasteiger partial charge in [0.2, 0.25) is 0 Å². The Balaban J connectivity index is 2.89. The molecule has 2 unspecified atom stereocenters. The van der Waals surface area contributed by atoms with Gasteiger partial charge in [0.25, 0.3) is 0 Å². The van der Waals surface area contributed by atoms with Crippen molar-refractivity contribution >= 4 is 6.08 Å². The Labute approximate surface area is 82.9 Å². The Kier molecular flexibility index (Phi) is 3.83. The van der Waals surface area contributed by atoms with Crippen molar-refractivity contribution < 1.29 is 15.3 Å². The second-order valence-electron chi connectivity index (χ2n) is 3.07. The smallest absolute Gasteiger partial charge is 0.107 e. The van der Waals surface area contributed by atoms with Gasteiger partial charge in [-0.05, 0) is 17.2 Å². The van der Waals surface area contributed by atoms with Gasteiger partial charge in [-0.15, -0.1) is 0 Å². The normalized spacial score (nSPS) is 14.8. The molecule has 14 heavy (non-hydrogen) atoms. The predicted molar refractivity (Wildman–Crippen MR) is 54.6 cm³/mol. The van der Waals surface area contributed by atoms with Crippen LogP contribution in [0.2, 0.25) is 0 Å². The number of hydrogen-bond donors (Lipinski definition) is 3. The summed E-state index contributed by atoms with van der Waals surface area (Å²) in [7, 11) is 0. The summed E-state index contributed by atoms with van der Waals surface area (Å²) in [5.41, 5.74) is 1.44. The summed E-state index contributed by atoms with van der Waals surface area (Å²) in [5, 5.41) is 27.4. The van der Waals surface area contributed by atoms with Gasteiger partial charge in [-0.25, -0.2) is 0 Å². The minimum atomic E-state index is -1.14. The van der Waals surface area contributed by atoms with Crippen LogP contribution in [0, 0.1) is 0 Å². The van der Waals surface area contributed by atoms with Crippen molar-refractivity contribution in [1.82, 2.24) is 0 Å². The summed E-state index contributed by atoms with van der Waals surface area (Å²) in [6.45, 7) is 3.14. The highest BCUT2D eigenvalue weighted by Gasteiger charge is 2.16. The van der Waals surface area contributed by atoms with Crippen LogP contribution in [0.5, 0.6) is 0 Å². The van der Waals surface area contributed by atoms with Crippen LogP contribution in [-0.4, -0.2) is 28.0 Å². The highest BCUT2D eigenvalue weighted by molar-refractivity contribution is 5.48. The highest BCUT2D eigenvalue weighted by atomic mass is 16.4. The first-order valence-electron chi connectivity index (χ1n) is 4.38. The van der Waals surface area contributed by atoms with E-state index >= 15 is 0 Å². The maximum Gasteiger partial charge on any atom is 0.107 e. The van der Waals surface area contributed by atoms with Gasteiger partial charge in [-0.3, -0.25) is 0 Å². The average molecular weight is 194 g/mol. The topological polar surface area (TPSA) is 60.7 Å². The van der Waals surface area contributed by atoms with E-state index < -0.39 is 18.8 Å². The van der Waals surface area contributed by atoms with Crippen molar-refractivity contribution in [1.29, 1.82) is 0 Å². The largest absolute Gasteiger partial charge is 0.394 e. The van der Waals surface area contributed by atoms with Gasteiger partial charge >= 0.3 is 0 Å². The lowest BCUT2D eigenvalue weighted by atomic mass is 10.0. The molecular weight excluding hydrogens is 180 g/mol. The second kappa shape index (κ2) is 4.91. The van der Waals surface area contributed by atoms with Crippen LogP contribution < -0.4 is 0 Å². The molecule has 2 atom stereocenters. The maximum absolute atomic E-state index is 9.56. The molecule has 1 aromatic carbocycles. The Bertz CT molecular complexity index is 309. The first-order chi connectivity index (χ1) is 6.69. The summed E-state index contributed by atoms with van der Waals surface area (Å²) in [6, 6.07) is 7.02. The van der Waals surface area contributed by atoms with Crippen molar-refractivity contribution in [2.24, 2.45) is 0 Å². The van der Waals surface area contributed by atoms with Crippen LogP contribution in [0.4, 0.5) is 0 Å². The van der Waals surface area contributed by atoms with Crippen LogP contribution in [-0.2, 0) is 0 Å². The Morgan fingerprint density at radius 2 is 2.07 bits per heavy atom. The third kappa shape index (κ3) is 2.42. The SMILES string of the molecule is C=Cc1cccc(C(O)C(O)CO)c1. The van der Waals surface area contributed by atoms with Gasteiger partial charge in [-0.2, -0.15) is 0 Å². The van der Waals surface area contributed by atoms with E-state index in [4.69, 9.17) is 5.11 Å². The molecule has 0 heterocycles. The van der Waals surface area contributed by atoms with Crippen LogP contribution in [0.25, 0.3) is 6.08 Å². The van der Waals surface area contributed by atoms with Crippen molar-refractivity contribution in [2.75, 3.05) is 6.61 Å². The average Bonchev–Trinajstić information content (AvgIpc) is 2.27. The van der Waals surface area contributed by atoms with Crippen LogP contribution in [0.15, 0.2) is 30.8 Å². The molecule has 0 amide bonds. The lowest BCUT2D eigenvalue weighted by Crippen LogP contribution is -2.21.